The highest BCUT2D eigenvalue weighted by Crippen LogP contribution is 2.38. The first-order valence-corrected chi connectivity index (χ1v) is 5.69. The van der Waals surface area contributed by atoms with Gasteiger partial charge in [-0.2, -0.15) is 5.26 Å². The van der Waals surface area contributed by atoms with Crippen LogP contribution in [0, 0.1) is 11.3 Å². The molecule has 0 unspecified atom stereocenters. The van der Waals surface area contributed by atoms with E-state index < -0.39 is 0 Å². The van der Waals surface area contributed by atoms with Gasteiger partial charge in [-0.25, -0.2) is 0 Å². The second-order valence-corrected chi connectivity index (χ2v) is 3.93. The second kappa shape index (κ2) is 6.61. The highest BCUT2D eigenvalue weighted by atomic mass is 32.1. The summed E-state index contributed by atoms with van der Waals surface area (Å²) in [7, 11) is 4.55. The first kappa shape index (κ1) is 14.8. The molecule has 19 heavy (non-hydrogen) atoms. The van der Waals surface area contributed by atoms with E-state index in [9.17, 15) is 0 Å². The van der Waals surface area contributed by atoms with Crippen LogP contribution in [0.25, 0.3) is 6.08 Å². The van der Waals surface area contributed by atoms with Gasteiger partial charge in [-0.15, -0.1) is 0 Å². The average Bonchev–Trinajstić information content (AvgIpc) is 2.42. The van der Waals surface area contributed by atoms with Gasteiger partial charge in [0.25, 0.3) is 0 Å². The van der Waals surface area contributed by atoms with Crippen LogP contribution in [0.3, 0.4) is 0 Å². The van der Waals surface area contributed by atoms with E-state index >= 15 is 0 Å². The number of nitrogens with two attached hydrogens (primary N) is 1. The molecule has 1 aromatic carbocycles. The zero-order valence-corrected chi connectivity index (χ0v) is 11.7. The molecular weight excluding hydrogens is 264 g/mol. The normalized spacial score (nSPS) is 10.5. The number of nitrogens with zero attached hydrogens (tertiary/aromatic N) is 1. The third-order valence-electron chi connectivity index (χ3n) is 2.38. The fourth-order valence-corrected chi connectivity index (χ4v) is 1.61. The average molecular weight is 278 g/mol. The number of nitriles is 1. The third kappa shape index (κ3) is 3.36. The molecular formula is C13H14N2O3S. The molecule has 0 aliphatic rings. The molecule has 1 rings (SSSR count). The van der Waals surface area contributed by atoms with Crippen molar-refractivity contribution in [1.29, 1.82) is 5.26 Å². The van der Waals surface area contributed by atoms with Crippen LogP contribution >= 0.6 is 12.2 Å². The Balaban J connectivity index is 3.39. The maximum absolute atomic E-state index is 8.94. The van der Waals surface area contributed by atoms with E-state index in [4.69, 9.17) is 37.4 Å². The van der Waals surface area contributed by atoms with Crippen molar-refractivity contribution in [3.8, 4) is 23.3 Å². The van der Waals surface area contributed by atoms with Crippen molar-refractivity contribution in [2.24, 2.45) is 5.73 Å². The summed E-state index contributed by atoms with van der Waals surface area (Å²) in [6, 6.07) is 5.35. The van der Waals surface area contributed by atoms with Crippen LogP contribution in [-0.4, -0.2) is 26.3 Å². The molecule has 100 valence electrons. The van der Waals surface area contributed by atoms with Crippen molar-refractivity contribution in [2.45, 2.75) is 0 Å². The minimum atomic E-state index is 0.0382. The van der Waals surface area contributed by atoms with Crippen molar-refractivity contribution in [3.05, 3.63) is 23.3 Å². The fraction of sp³-hybridized carbons (Fsp3) is 0.231. The molecule has 0 fully saturated rings. The molecule has 0 heterocycles. The van der Waals surface area contributed by atoms with E-state index in [1.54, 1.807) is 18.2 Å². The lowest BCUT2D eigenvalue weighted by Gasteiger charge is -2.13. The van der Waals surface area contributed by atoms with Gasteiger partial charge in [-0.3, -0.25) is 0 Å². The van der Waals surface area contributed by atoms with Gasteiger partial charge >= 0.3 is 0 Å². The van der Waals surface area contributed by atoms with Crippen LogP contribution in [0.4, 0.5) is 0 Å². The summed E-state index contributed by atoms with van der Waals surface area (Å²) in [5, 5.41) is 8.94. The van der Waals surface area contributed by atoms with Gasteiger partial charge in [0.15, 0.2) is 11.5 Å². The third-order valence-corrected chi connectivity index (χ3v) is 2.60. The predicted molar refractivity (Wildman–Crippen MR) is 76.5 cm³/mol. The zero-order valence-electron chi connectivity index (χ0n) is 10.9. The number of hydrogen-bond acceptors (Lipinski definition) is 5. The van der Waals surface area contributed by atoms with Crippen LogP contribution in [-0.2, 0) is 0 Å². The lowest BCUT2D eigenvalue weighted by molar-refractivity contribution is 0.324. The molecule has 0 spiro atoms. The molecule has 2 N–H and O–H groups in total. The summed E-state index contributed by atoms with van der Waals surface area (Å²) in [5.41, 5.74) is 6.34. The Morgan fingerprint density at radius 3 is 2.05 bits per heavy atom. The zero-order chi connectivity index (χ0) is 14.4. The number of thiocarbonyl (C=S) groups is 1. The van der Waals surface area contributed by atoms with Crippen molar-refractivity contribution in [3.63, 3.8) is 0 Å². The standard InChI is InChI=1S/C13H14N2O3S/c1-16-10-5-8(4-9(7-14)13(15)19)6-11(17-2)12(10)18-3/h4-6H,1-3H3,(H2,15,19)/b9-4-. The van der Waals surface area contributed by atoms with Crippen molar-refractivity contribution < 1.29 is 14.2 Å². The van der Waals surface area contributed by atoms with Crippen LogP contribution in [0.1, 0.15) is 5.56 Å². The molecule has 0 atom stereocenters. The Morgan fingerprint density at radius 1 is 1.21 bits per heavy atom. The summed E-state index contributed by atoms with van der Waals surface area (Å²) < 4.78 is 15.6. The van der Waals surface area contributed by atoms with Crippen LogP contribution < -0.4 is 19.9 Å². The van der Waals surface area contributed by atoms with E-state index in [-0.39, 0.29) is 10.6 Å². The summed E-state index contributed by atoms with van der Waals surface area (Å²) >= 11 is 4.79. The maximum atomic E-state index is 8.94. The summed E-state index contributed by atoms with van der Waals surface area (Å²) in [6.07, 6.45) is 1.56. The molecule has 0 saturated heterocycles. The van der Waals surface area contributed by atoms with Gasteiger partial charge in [-0.1, -0.05) is 12.2 Å². The lowest BCUT2D eigenvalue weighted by atomic mass is 10.1. The number of rotatable bonds is 5. The molecule has 0 aliphatic carbocycles. The Morgan fingerprint density at radius 2 is 1.74 bits per heavy atom. The molecule has 5 nitrogen and oxygen atoms in total. The summed E-state index contributed by atoms with van der Waals surface area (Å²) in [4.78, 5) is 0.0382. The van der Waals surface area contributed by atoms with Gasteiger partial charge < -0.3 is 19.9 Å². The number of methoxy groups -OCH3 is 3. The Hall–Kier alpha value is -2.26. The number of hydrogen-bond donors (Lipinski definition) is 1. The van der Waals surface area contributed by atoms with Crippen molar-refractivity contribution >= 4 is 23.3 Å². The van der Waals surface area contributed by atoms with Crippen LogP contribution in [0.5, 0.6) is 17.2 Å². The number of ether oxygens (including phenoxy) is 3. The number of benzene rings is 1. The summed E-state index contributed by atoms with van der Waals surface area (Å²) in [5.74, 6) is 1.47. The Labute approximate surface area is 117 Å². The van der Waals surface area contributed by atoms with Gasteiger partial charge in [0.05, 0.1) is 26.9 Å². The summed E-state index contributed by atoms with van der Waals surface area (Å²) in [6.45, 7) is 0. The van der Waals surface area contributed by atoms with Crippen molar-refractivity contribution in [1.82, 2.24) is 0 Å². The van der Waals surface area contributed by atoms with E-state index in [1.165, 1.54) is 21.3 Å². The molecule has 0 saturated carbocycles. The van der Waals surface area contributed by atoms with Crippen LogP contribution in [0.15, 0.2) is 17.7 Å². The lowest BCUT2D eigenvalue weighted by Crippen LogP contribution is -2.09. The topological polar surface area (TPSA) is 77.5 Å². The van der Waals surface area contributed by atoms with Crippen molar-refractivity contribution in [2.75, 3.05) is 21.3 Å². The molecule has 0 radical (unpaired) electrons. The van der Waals surface area contributed by atoms with E-state index in [0.717, 1.165) is 0 Å². The quantitative estimate of drug-likeness (QED) is 0.503. The van der Waals surface area contributed by atoms with Gasteiger partial charge in [0, 0.05) is 0 Å². The maximum Gasteiger partial charge on any atom is 0.203 e. The molecule has 6 heteroatoms. The highest BCUT2D eigenvalue weighted by molar-refractivity contribution is 7.80. The highest BCUT2D eigenvalue weighted by Gasteiger charge is 2.13. The van der Waals surface area contributed by atoms with E-state index in [2.05, 4.69) is 0 Å². The largest absolute Gasteiger partial charge is 0.493 e. The first-order chi connectivity index (χ1) is 9.07. The first-order valence-electron chi connectivity index (χ1n) is 5.29. The molecule has 1 aromatic rings. The smallest absolute Gasteiger partial charge is 0.203 e. The molecule has 0 aromatic heterocycles. The Bertz CT molecular complexity index is 536. The van der Waals surface area contributed by atoms with Gasteiger partial charge in [-0.05, 0) is 23.8 Å². The van der Waals surface area contributed by atoms with Gasteiger partial charge in [0.1, 0.15) is 11.1 Å². The fourth-order valence-electron chi connectivity index (χ4n) is 1.51. The molecule has 0 bridgehead atoms. The molecule has 0 aliphatic heterocycles. The SMILES string of the molecule is COc1cc(/C=C(/C#N)C(N)=S)cc(OC)c1OC. The van der Waals surface area contributed by atoms with E-state index in [0.29, 0.717) is 22.8 Å². The van der Waals surface area contributed by atoms with E-state index in [1.807, 2.05) is 6.07 Å². The monoisotopic (exact) mass is 278 g/mol. The van der Waals surface area contributed by atoms with Crippen LogP contribution in [0.2, 0.25) is 0 Å². The second-order valence-electron chi connectivity index (χ2n) is 3.49. The minimum Gasteiger partial charge on any atom is -0.493 e. The molecule has 0 amide bonds. The predicted octanol–water partition coefficient (Wildman–Crippen LogP) is 1.91. The minimum absolute atomic E-state index is 0.0382. The van der Waals surface area contributed by atoms with Gasteiger partial charge in [0.2, 0.25) is 5.75 Å². The Kier molecular flexibility index (Phi) is 5.15.